The number of rotatable bonds is 4. The van der Waals surface area contributed by atoms with Crippen LogP contribution >= 0.6 is 11.3 Å². The first-order chi connectivity index (χ1) is 10.1. The van der Waals surface area contributed by atoms with E-state index in [2.05, 4.69) is 4.98 Å². The smallest absolute Gasteiger partial charge is 0.326 e. The highest BCUT2D eigenvalue weighted by molar-refractivity contribution is 7.09. The van der Waals surface area contributed by atoms with Crippen molar-refractivity contribution in [1.29, 1.82) is 0 Å². The molecule has 5 nitrogen and oxygen atoms in total. The minimum atomic E-state index is -0.856. The minimum absolute atomic E-state index is 0.0928. The van der Waals surface area contributed by atoms with Crippen LogP contribution in [-0.4, -0.2) is 39.5 Å². The highest BCUT2D eigenvalue weighted by Crippen LogP contribution is 2.42. The zero-order valence-electron chi connectivity index (χ0n) is 12.1. The van der Waals surface area contributed by atoms with Gasteiger partial charge in [0.1, 0.15) is 6.04 Å². The van der Waals surface area contributed by atoms with E-state index in [0.29, 0.717) is 12.5 Å². The van der Waals surface area contributed by atoms with E-state index in [9.17, 15) is 14.7 Å². The van der Waals surface area contributed by atoms with Gasteiger partial charge in [-0.2, -0.15) is 0 Å². The van der Waals surface area contributed by atoms with Crippen molar-refractivity contribution in [2.45, 2.75) is 45.1 Å². The van der Waals surface area contributed by atoms with Crippen molar-refractivity contribution in [3.63, 3.8) is 0 Å². The Balaban J connectivity index is 1.72. The van der Waals surface area contributed by atoms with Crippen molar-refractivity contribution in [2.24, 2.45) is 11.8 Å². The van der Waals surface area contributed by atoms with Gasteiger partial charge in [-0.1, -0.05) is 13.3 Å². The average Bonchev–Trinajstić information content (AvgIpc) is 3.11. The fourth-order valence-electron chi connectivity index (χ4n) is 3.73. The summed E-state index contributed by atoms with van der Waals surface area (Å²) in [5.41, 5.74) is 0.767. The minimum Gasteiger partial charge on any atom is -0.480 e. The summed E-state index contributed by atoms with van der Waals surface area (Å²) >= 11 is 1.56. The molecule has 2 fully saturated rings. The third-order valence-corrected chi connectivity index (χ3v) is 5.74. The summed E-state index contributed by atoms with van der Waals surface area (Å²) in [6.07, 6.45) is 4.16. The van der Waals surface area contributed by atoms with Crippen molar-refractivity contribution in [2.75, 3.05) is 6.54 Å². The van der Waals surface area contributed by atoms with Crippen molar-refractivity contribution in [3.8, 4) is 0 Å². The summed E-state index contributed by atoms with van der Waals surface area (Å²) in [6, 6.07) is -0.630. The van der Waals surface area contributed by atoms with Crippen LogP contribution in [0.5, 0.6) is 0 Å². The Hall–Kier alpha value is -1.43. The summed E-state index contributed by atoms with van der Waals surface area (Å²) in [5.74, 6) is -0.431. The topological polar surface area (TPSA) is 70.5 Å². The van der Waals surface area contributed by atoms with Crippen molar-refractivity contribution < 1.29 is 14.7 Å². The van der Waals surface area contributed by atoms with Gasteiger partial charge in [0.05, 0.1) is 17.1 Å². The molecule has 3 atom stereocenters. The van der Waals surface area contributed by atoms with Crippen LogP contribution in [0.15, 0.2) is 5.38 Å². The van der Waals surface area contributed by atoms with Crippen LogP contribution in [0, 0.1) is 11.8 Å². The van der Waals surface area contributed by atoms with Gasteiger partial charge in [0.25, 0.3) is 0 Å². The van der Waals surface area contributed by atoms with Crippen LogP contribution in [0.4, 0.5) is 0 Å². The Labute approximate surface area is 128 Å². The Bertz CT molecular complexity index is 557. The molecule has 3 rings (SSSR count). The summed E-state index contributed by atoms with van der Waals surface area (Å²) in [5, 5.41) is 12.4. The SMILES string of the molecule is CCc1nc(CC(=O)N2CC3CCCC3C2C(=O)O)cs1. The zero-order valence-corrected chi connectivity index (χ0v) is 12.9. The van der Waals surface area contributed by atoms with Gasteiger partial charge in [-0.15, -0.1) is 11.3 Å². The molecule has 0 aromatic carbocycles. The molecule has 1 aromatic rings. The van der Waals surface area contributed by atoms with E-state index >= 15 is 0 Å². The second kappa shape index (κ2) is 5.75. The van der Waals surface area contributed by atoms with Gasteiger partial charge >= 0.3 is 5.97 Å². The van der Waals surface area contributed by atoms with E-state index in [0.717, 1.165) is 36.4 Å². The standard InChI is InChI=1S/C15H20N2O3S/c1-2-12-16-10(8-21-12)6-13(18)17-7-9-4-3-5-11(9)14(17)15(19)20/h8-9,11,14H,2-7H2,1H3,(H,19,20). The second-order valence-corrected chi connectivity index (χ2v) is 6.89. The van der Waals surface area contributed by atoms with E-state index in [-0.39, 0.29) is 18.2 Å². The van der Waals surface area contributed by atoms with Gasteiger partial charge in [0.15, 0.2) is 0 Å². The predicted molar refractivity (Wildman–Crippen MR) is 79.2 cm³/mol. The number of fused-ring (bicyclic) bond motifs is 1. The number of amides is 1. The number of aromatic nitrogens is 1. The maximum Gasteiger partial charge on any atom is 0.326 e. The van der Waals surface area contributed by atoms with E-state index in [4.69, 9.17) is 0 Å². The number of carboxylic acid groups (broad SMARTS) is 1. The lowest BCUT2D eigenvalue weighted by Crippen LogP contribution is -2.44. The molecule has 1 saturated heterocycles. The molecule has 1 saturated carbocycles. The molecule has 0 spiro atoms. The van der Waals surface area contributed by atoms with Gasteiger partial charge in [0.2, 0.25) is 5.91 Å². The number of thiazole rings is 1. The van der Waals surface area contributed by atoms with Crippen molar-refractivity contribution >= 4 is 23.2 Å². The number of carbonyl (C=O) groups excluding carboxylic acids is 1. The first kappa shape index (κ1) is 14.5. The molecule has 0 bridgehead atoms. The third-order valence-electron chi connectivity index (χ3n) is 4.70. The number of hydrogen-bond acceptors (Lipinski definition) is 4. The third kappa shape index (κ3) is 2.69. The monoisotopic (exact) mass is 308 g/mol. The lowest BCUT2D eigenvalue weighted by molar-refractivity contribution is -0.149. The Kier molecular flexibility index (Phi) is 3.97. The van der Waals surface area contributed by atoms with Gasteiger partial charge < -0.3 is 10.0 Å². The molecule has 1 aliphatic carbocycles. The van der Waals surface area contributed by atoms with Gasteiger partial charge in [0, 0.05) is 11.9 Å². The highest BCUT2D eigenvalue weighted by Gasteiger charge is 2.49. The van der Waals surface area contributed by atoms with Crippen LogP contribution in [-0.2, 0) is 22.4 Å². The lowest BCUT2D eigenvalue weighted by atomic mass is 9.94. The lowest BCUT2D eigenvalue weighted by Gasteiger charge is -2.24. The van der Waals surface area contributed by atoms with E-state index in [1.54, 1.807) is 16.2 Å². The van der Waals surface area contributed by atoms with Gasteiger partial charge in [-0.25, -0.2) is 9.78 Å². The normalized spacial score (nSPS) is 27.9. The summed E-state index contributed by atoms with van der Waals surface area (Å²) in [7, 11) is 0. The molecule has 1 aromatic heterocycles. The van der Waals surface area contributed by atoms with Crippen LogP contribution in [0.3, 0.4) is 0 Å². The number of hydrogen-bond donors (Lipinski definition) is 1. The molecule has 2 heterocycles. The van der Waals surface area contributed by atoms with E-state index < -0.39 is 12.0 Å². The fourth-order valence-corrected chi connectivity index (χ4v) is 4.47. The fraction of sp³-hybridized carbons (Fsp3) is 0.667. The number of likely N-dealkylation sites (tertiary alicyclic amines) is 1. The number of carboxylic acids is 1. The molecule has 114 valence electrons. The molecule has 6 heteroatoms. The highest BCUT2D eigenvalue weighted by atomic mass is 32.1. The summed E-state index contributed by atoms with van der Waals surface area (Å²) in [4.78, 5) is 30.0. The second-order valence-electron chi connectivity index (χ2n) is 5.95. The summed E-state index contributed by atoms with van der Waals surface area (Å²) in [6.45, 7) is 2.64. The Morgan fingerprint density at radius 1 is 1.48 bits per heavy atom. The Morgan fingerprint density at radius 2 is 2.29 bits per heavy atom. The Morgan fingerprint density at radius 3 is 2.95 bits per heavy atom. The largest absolute Gasteiger partial charge is 0.480 e. The van der Waals surface area contributed by atoms with Gasteiger partial charge in [-0.05, 0) is 31.1 Å². The predicted octanol–water partition coefficient (Wildman–Crippen LogP) is 1.96. The molecule has 1 N–H and O–H groups in total. The molecule has 3 unspecified atom stereocenters. The maximum atomic E-state index is 12.5. The zero-order chi connectivity index (χ0) is 15.0. The first-order valence-corrected chi connectivity index (χ1v) is 8.43. The number of aryl methyl sites for hydroxylation is 1. The van der Waals surface area contributed by atoms with Crippen molar-refractivity contribution in [1.82, 2.24) is 9.88 Å². The van der Waals surface area contributed by atoms with Gasteiger partial charge in [-0.3, -0.25) is 4.79 Å². The quantitative estimate of drug-likeness (QED) is 0.923. The van der Waals surface area contributed by atoms with E-state index in [1.807, 2.05) is 12.3 Å². The molecule has 0 radical (unpaired) electrons. The maximum absolute atomic E-state index is 12.5. The number of aliphatic carboxylic acids is 1. The van der Waals surface area contributed by atoms with E-state index in [1.165, 1.54) is 0 Å². The molecule has 21 heavy (non-hydrogen) atoms. The first-order valence-electron chi connectivity index (χ1n) is 7.55. The van der Waals surface area contributed by atoms with Crippen LogP contribution in [0.1, 0.15) is 36.9 Å². The van der Waals surface area contributed by atoms with Crippen molar-refractivity contribution in [3.05, 3.63) is 16.1 Å². The molecular formula is C15H20N2O3S. The summed E-state index contributed by atoms with van der Waals surface area (Å²) < 4.78 is 0. The number of carbonyl (C=O) groups is 2. The van der Waals surface area contributed by atoms with Crippen LogP contribution in [0.2, 0.25) is 0 Å². The van der Waals surface area contributed by atoms with Crippen LogP contribution < -0.4 is 0 Å². The molecular weight excluding hydrogens is 288 g/mol. The van der Waals surface area contributed by atoms with Crippen LogP contribution in [0.25, 0.3) is 0 Å². The molecule has 1 aliphatic heterocycles. The number of nitrogens with zero attached hydrogens (tertiary/aromatic N) is 2. The molecule has 1 amide bonds. The average molecular weight is 308 g/mol. The molecule has 2 aliphatic rings.